The molecule has 0 aliphatic carbocycles. The van der Waals surface area contributed by atoms with E-state index in [2.05, 4.69) is 15.5 Å². The Morgan fingerprint density at radius 1 is 1.03 bits per heavy atom. The number of ether oxygens (including phenoxy) is 1. The Kier molecular flexibility index (Phi) is 7.87. The molecule has 1 atom stereocenters. The molecule has 0 bridgehead atoms. The molecule has 1 amide bonds. The lowest BCUT2D eigenvalue weighted by atomic mass is 10.1. The molecule has 0 aliphatic heterocycles. The van der Waals surface area contributed by atoms with Gasteiger partial charge in [0.15, 0.2) is 11.0 Å². The standard InChI is InChI=1S/C26H25ClN4O2S/c1-3-33-21-15-13-20(14-16-21)31-25(22-11-7-8-12-23(22)27)29-30-26(31)34-17-24(32)28-18(2)19-9-5-4-6-10-19/h4-16,18H,3,17H2,1-2H3,(H,28,32)/t18-/m1/s1. The first-order valence-electron chi connectivity index (χ1n) is 11.0. The molecule has 6 nitrogen and oxygen atoms in total. The molecule has 0 saturated heterocycles. The van der Waals surface area contributed by atoms with Gasteiger partial charge >= 0.3 is 0 Å². The minimum Gasteiger partial charge on any atom is -0.494 e. The molecule has 0 unspecified atom stereocenters. The summed E-state index contributed by atoms with van der Waals surface area (Å²) >= 11 is 7.79. The topological polar surface area (TPSA) is 69.0 Å². The fourth-order valence-electron chi connectivity index (χ4n) is 3.51. The molecular formula is C26H25ClN4O2S. The number of nitrogens with one attached hydrogen (secondary N) is 1. The number of halogens is 1. The summed E-state index contributed by atoms with van der Waals surface area (Å²) in [4.78, 5) is 12.7. The van der Waals surface area contributed by atoms with Gasteiger partial charge in [0, 0.05) is 11.3 Å². The summed E-state index contributed by atoms with van der Waals surface area (Å²) in [7, 11) is 0. The smallest absolute Gasteiger partial charge is 0.230 e. The number of amides is 1. The Bertz CT molecular complexity index is 1250. The van der Waals surface area contributed by atoms with Crippen molar-refractivity contribution in [3.05, 3.63) is 89.4 Å². The second kappa shape index (κ2) is 11.2. The fourth-order valence-corrected chi connectivity index (χ4v) is 4.49. The van der Waals surface area contributed by atoms with E-state index in [9.17, 15) is 4.79 Å². The molecule has 3 aromatic carbocycles. The van der Waals surface area contributed by atoms with E-state index in [0.717, 1.165) is 22.6 Å². The predicted octanol–water partition coefficient (Wildman–Crippen LogP) is 5.96. The molecule has 8 heteroatoms. The number of nitrogens with zero attached hydrogens (tertiary/aromatic N) is 3. The van der Waals surface area contributed by atoms with Crippen molar-refractivity contribution in [2.24, 2.45) is 0 Å². The van der Waals surface area contributed by atoms with E-state index in [4.69, 9.17) is 16.3 Å². The van der Waals surface area contributed by atoms with E-state index in [1.165, 1.54) is 11.8 Å². The van der Waals surface area contributed by atoms with Crippen LogP contribution in [0.2, 0.25) is 5.02 Å². The molecule has 34 heavy (non-hydrogen) atoms. The summed E-state index contributed by atoms with van der Waals surface area (Å²) in [6.45, 7) is 4.51. The number of thioether (sulfide) groups is 1. The third-order valence-corrected chi connectivity index (χ3v) is 6.42. The zero-order valence-electron chi connectivity index (χ0n) is 18.9. The molecule has 0 saturated carbocycles. The zero-order chi connectivity index (χ0) is 23.9. The number of hydrogen-bond acceptors (Lipinski definition) is 5. The Balaban J connectivity index is 1.58. The molecule has 0 aliphatic rings. The second-order valence-corrected chi connectivity index (χ2v) is 8.89. The van der Waals surface area contributed by atoms with Gasteiger partial charge in [-0.25, -0.2) is 0 Å². The lowest BCUT2D eigenvalue weighted by Crippen LogP contribution is -2.28. The molecular weight excluding hydrogens is 468 g/mol. The van der Waals surface area contributed by atoms with E-state index < -0.39 is 0 Å². The first-order chi connectivity index (χ1) is 16.6. The lowest BCUT2D eigenvalue weighted by molar-refractivity contribution is -0.119. The number of aromatic nitrogens is 3. The highest BCUT2D eigenvalue weighted by Gasteiger charge is 2.19. The van der Waals surface area contributed by atoms with Gasteiger partial charge in [-0.05, 0) is 55.8 Å². The van der Waals surface area contributed by atoms with Gasteiger partial charge in [0.1, 0.15) is 5.75 Å². The van der Waals surface area contributed by atoms with Crippen molar-refractivity contribution >= 4 is 29.3 Å². The lowest BCUT2D eigenvalue weighted by Gasteiger charge is -2.15. The van der Waals surface area contributed by atoms with Gasteiger partial charge in [-0.3, -0.25) is 9.36 Å². The van der Waals surface area contributed by atoms with Crippen LogP contribution >= 0.6 is 23.4 Å². The summed E-state index contributed by atoms with van der Waals surface area (Å²) in [6, 6.07) is 25.0. The number of carbonyl (C=O) groups excluding carboxylic acids is 1. The monoisotopic (exact) mass is 492 g/mol. The van der Waals surface area contributed by atoms with Crippen molar-refractivity contribution in [3.8, 4) is 22.8 Å². The Hall–Kier alpha value is -3.29. The summed E-state index contributed by atoms with van der Waals surface area (Å²) < 4.78 is 7.49. The van der Waals surface area contributed by atoms with E-state index in [0.29, 0.717) is 22.6 Å². The Morgan fingerprint density at radius 3 is 2.44 bits per heavy atom. The molecule has 174 valence electrons. The zero-order valence-corrected chi connectivity index (χ0v) is 20.5. The van der Waals surface area contributed by atoms with Crippen molar-refractivity contribution < 1.29 is 9.53 Å². The molecule has 4 aromatic rings. The van der Waals surface area contributed by atoms with E-state index in [1.807, 2.05) is 97.3 Å². The van der Waals surface area contributed by atoms with Gasteiger partial charge in [0.2, 0.25) is 5.91 Å². The largest absolute Gasteiger partial charge is 0.494 e. The SMILES string of the molecule is CCOc1ccc(-n2c(SCC(=O)N[C@H](C)c3ccccc3)nnc2-c2ccccc2Cl)cc1. The van der Waals surface area contributed by atoms with Gasteiger partial charge in [-0.2, -0.15) is 0 Å². The second-order valence-electron chi connectivity index (χ2n) is 7.54. The van der Waals surface area contributed by atoms with Crippen molar-refractivity contribution in [2.75, 3.05) is 12.4 Å². The maximum atomic E-state index is 12.7. The third kappa shape index (κ3) is 5.61. The maximum absolute atomic E-state index is 12.7. The van der Waals surface area contributed by atoms with Gasteiger partial charge in [0.25, 0.3) is 0 Å². The number of carbonyl (C=O) groups is 1. The Labute approximate surface area is 208 Å². The van der Waals surface area contributed by atoms with Crippen LogP contribution in [0, 0.1) is 0 Å². The van der Waals surface area contributed by atoms with Gasteiger partial charge < -0.3 is 10.1 Å². The average molecular weight is 493 g/mol. The molecule has 0 radical (unpaired) electrons. The van der Waals surface area contributed by atoms with Crippen molar-refractivity contribution in [3.63, 3.8) is 0 Å². The van der Waals surface area contributed by atoms with Gasteiger partial charge in [0.05, 0.1) is 23.4 Å². The number of benzene rings is 3. The average Bonchev–Trinajstić information content (AvgIpc) is 3.28. The van der Waals surface area contributed by atoms with E-state index >= 15 is 0 Å². The first-order valence-corrected chi connectivity index (χ1v) is 12.3. The van der Waals surface area contributed by atoms with Crippen LogP contribution in [-0.2, 0) is 4.79 Å². The third-order valence-electron chi connectivity index (χ3n) is 5.16. The van der Waals surface area contributed by atoms with Crippen LogP contribution in [-0.4, -0.2) is 33.0 Å². The molecule has 1 N–H and O–H groups in total. The molecule has 1 heterocycles. The summed E-state index contributed by atoms with van der Waals surface area (Å²) in [5.74, 6) is 1.51. The molecule has 0 fully saturated rings. The van der Waals surface area contributed by atoms with Gasteiger partial charge in [-0.1, -0.05) is 65.8 Å². The number of hydrogen-bond donors (Lipinski definition) is 1. The van der Waals surface area contributed by atoms with Crippen molar-refractivity contribution in [1.82, 2.24) is 20.1 Å². The van der Waals surface area contributed by atoms with Crippen LogP contribution in [0.3, 0.4) is 0 Å². The highest BCUT2D eigenvalue weighted by atomic mass is 35.5. The van der Waals surface area contributed by atoms with Crippen LogP contribution < -0.4 is 10.1 Å². The fraction of sp³-hybridized carbons (Fsp3) is 0.192. The number of rotatable bonds is 9. The van der Waals surface area contributed by atoms with E-state index in [-0.39, 0.29) is 17.7 Å². The van der Waals surface area contributed by atoms with Crippen LogP contribution in [0.5, 0.6) is 5.75 Å². The Morgan fingerprint density at radius 2 is 1.74 bits per heavy atom. The molecule has 4 rings (SSSR count). The summed E-state index contributed by atoms with van der Waals surface area (Å²) in [6.07, 6.45) is 0. The predicted molar refractivity (Wildman–Crippen MR) is 137 cm³/mol. The first kappa shape index (κ1) is 23.9. The van der Waals surface area contributed by atoms with Crippen LogP contribution in [0.4, 0.5) is 0 Å². The maximum Gasteiger partial charge on any atom is 0.230 e. The highest BCUT2D eigenvalue weighted by molar-refractivity contribution is 7.99. The van der Waals surface area contributed by atoms with Crippen molar-refractivity contribution in [1.29, 1.82) is 0 Å². The highest BCUT2D eigenvalue weighted by Crippen LogP contribution is 2.32. The molecule has 1 aromatic heterocycles. The van der Waals surface area contributed by atoms with Gasteiger partial charge in [-0.15, -0.1) is 10.2 Å². The minimum absolute atomic E-state index is 0.0816. The quantitative estimate of drug-likeness (QED) is 0.292. The molecule has 0 spiro atoms. The van der Waals surface area contributed by atoms with Crippen LogP contribution in [0.1, 0.15) is 25.5 Å². The normalized spacial score (nSPS) is 11.7. The summed E-state index contributed by atoms with van der Waals surface area (Å²) in [5.41, 5.74) is 2.67. The minimum atomic E-state index is -0.0861. The van der Waals surface area contributed by atoms with Crippen LogP contribution in [0.25, 0.3) is 17.1 Å². The van der Waals surface area contributed by atoms with Crippen LogP contribution in [0.15, 0.2) is 84.0 Å². The summed E-state index contributed by atoms with van der Waals surface area (Å²) in [5, 5.41) is 13.0. The van der Waals surface area contributed by atoms with Crippen molar-refractivity contribution in [2.45, 2.75) is 25.0 Å². The van der Waals surface area contributed by atoms with E-state index in [1.54, 1.807) is 0 Å².